The fourth-order valence-corrected chi connectivity index (χ4v) is 1.62. The standard InChI is InChI=1S/C8H4BrCl2NO3/c9-3-1-2-4(6(11)5(3)10)12-7(13)8(14)15/h1-2H,(H,12,13)(H,14,15). The van der Waals surface area contributed by atoms with Gasteiger partial charge in [0.05, 0.1) is 15.7 Å². The maximum atomic E-state index is 10.8. The maximum absolute atomic E-state index is 10.8. The number of benzene rings is 1. The molecule has 1 aromatic carbocycles. The van der Waals surface area contributed by atoms with E-state index in [1.807, 2.05) is 0 Å². The van der Waals surface area contributed by atoms with Gasteiger partial charge in [0.2, 0.25) is 0 Å². The Morgan fingerprint density at radius 1 is 1.27 bits per heavy atom. The van der Waals surface area contributed by atoms with Gasteiger partial charge in [-0.25, -0.2) is 4.79 Å². The van der Waals surface area contributed by atoms with Gasteiger partial charge < -0.3 is 10.4 Å². The number of rotatable bonds is 1. The van der Waals surface area contributed by atoms with Crippen LogP contribution in [0.1, 0.15) is 0 Å². The lowest BCUT2D eigenvalue weighted by molar-refractivity contribution is -0.147. The topological polar surface area (TPSA) is 66.4 Å². The number of hydrogen-bond donors (Lipinski definition) is 2. The van der Waals surface area contributed by atoms with Crippen molar-refractivity contribution in [2.45, 2.75) is 0 Å². The first kappa shape index (κ1) is 12.3. The summed E-state index contributed by atoms with van der Waals surface area (Å²) in [5.74, 6) is -2.76. The summed E-state index contributed by atoms with van der Waals surface area (Å²) < 4.78 is 0.558. The minimum atomic E-state index is -1.59. The molecule has 0 aliphatic heterocycles. The van der Waals surface area contributed by atoms with Crippen molar-refractivity contribution in [3.05, 3.63) is 26.7 Å². The Bertz CT molecular complexity index is 436. The lowest BCUT2D eigenvalue weighted by Gasteiger charge is -2.07. The van der Waals surface area contributed by atoms with E-state index >= 15 is 0 Å². The fraction of sp³-hybridized carbons (Fsp3) is 0. The van der Waals surface area contributed by atoms with Crippen LogP contribution in [-0.2, 0) is 9.59 Å². The summed E-state index contributed by atoms with van der Waals surface area (Å²) in [6.45, 7) is 0. The van der Waals surface area contributed by atoms with E-state index in [0.29, 0.717) is 4.47 Å². The van der Waals surface area contributed by atoms with E-state index < -0.39 is 11.9 Å². The molecule has 0 saturated heterocycles. The van der Waals surface area contributed by atoms with Gasteiger partial charge in [0, 0.05) is 4.47 Å². The monoisotopic (exact) mass is 311 g/mol. The highest BCUT2D eigenvalue weighted by Gasteiger charge is 2.15. The van der Waals surface area contributed by atoms with Gasteiger partial charge in [-0.05, 0) is 28.1 Å². The predicted molar refractivity (Wildman–Crippen MR) is 60.4 cm³/mol. The SMILES string of the molecule is O=C(O)C(=O)Nc1ccc(Br)c(Cl)c1Cl. The van der Waals surface area contributed by atoms with Crippen LogP contribution in [0, 0.1) is 0 Å². The molecule has 0 heterocycles. The first-order valence-electron chi connectivity index (χ1n) is 3.61. The summed E-state index contributed by atoms with van der Waals surface area (Å²) in [4.78, 5) is 21.1. The third-order valence-electron chi connectivity index (χ3n) is 1.48. The smallest absolute Gasteiger partial charge is 0.394 e. The molecule has 7 heteroatoms. The Labute approximate surface area is 103 Å². The third kappa shape index (κ3) is 2.84. The van der Waals surface area contributed by atoms with Crippen molar-refractivity contribution < 1.29 is 14.7 Å². The summed E-state index contributed by atoms with van der Waals surface area (Å²) in [5.41, 5.74) is 0.150. The molecule has 0 spiro atoms. The molecule has 4 nitrogen and oxygen atoms in total. The third-order valence-corrected chi connectivity index (χ3v) is 3.25. The minimum absolute atomic E-state index is 0.0839. The Balaban J connectivity index is 3.02. The van der Waals surface area contributed by atoms with Crippen LogP contribution in [0.3, 0.4) is 0 Å². The van der Waals surface area contributed by atoms with Crippen LogP contribution in [0.2, 0.25) is 10.0 Å². The highest BCUT2D eigenvalue weighted by Crippen LogP contribution is 2.35. The fourth-order valence-electron chi connectivity index (χ4n) is 0.798. The van der Waals surface area contributed by atoms with Crippen LogP contribution in [0.5, 0.6) is 0 Å². The number of nitrogens with one attached hydrogen (secondary N) is 1. The molecule has 80 valence electrons. The molecule has 0 aliphatic rings. The Morgan fingerprint density at radius 3 is 2.40 bits per heavy atom. The molecule has 1 rings (SSSR count). The number of carbonyl (C=O) groups excluding carboxylic acids is 1. The molecule has 0 radical (unpaired) electrons. The number of amides is 1. The summed E-state index contributed by atoms with van der Waals surface area (Å²) >= 11 is 14.7. The lowest BCUT2D eigenvalue weighted by Crippen LogP contribution is -2.21. The molecule has 1 amide bonds. The molecule has 2 N–H and O–H groups in total. The van der Waals surface area contributed by atoms with Crippen molar-refractivity contribution in [2.75, 3.05) is 5.32 Å². The highest BCUT2D eigenvalue weighted by atomic mass is 79.9. The van der Waals surface area contributed by atoms with E-state index in [4.69, 9.17) is 28.3 Å². The van der Waals surface area contributed by atoms with E-state index in [1.165, 1.54) is 6.07 Å². The normalized spacial score (nSPS) is 9.80. The second-order valence-electron chi connectivity index (χ2n) is 2.48. The number of hydrogen-bond acceptors (Lipinski definition) is 2. The average Bonchev–Trinajstić information content (AvgIpc) is 2.18. The lowest BCUT2D eigenvalue weighted by atomic mass is 10.3. The molecule has 0 atom stereocenters. The number of aliphatic carboxylic acids is 1. The van der Waals surface area contributed by atoms with E-state index in [9.17, 15) is 9.59 Å². The van der Waals surface area contributed by atoms with Crippen LogP contribution in [0.4, 0.5) is 5.69 Å². The Hall–Kier alpha value is -0.780. The first-order valence-corrected chi connectivity index (χ1v) is 5.16. The van der Waals surface area contributed by atoms with Gasteiger partial charge in [-0.15, -0.1) is 0 Å². The van der Waals surface area contributed by atoms with Gasteiger partial charge in [0.1, 0.15) is 0 Å². The number of carboxylic acid groups (broad SMARTS) is 1. The molecule has 0 unspecified atom stereocenters. The average molecular weight is 313 g/mol. The zero-order chi connectivity index (χ0) is 11.6. The van der Waals surface area contributed by atoms with Gasteiger partial charge in [0.15, 0.2) is 0 Å². The molecule has 0 fully saturated rings. The van der Waals surface area contributed by atoms with Crippen molar-refractivity contribution >= 4 is 56.7 Å². The number of carbonyl (C=O) groups is 2. The molecule has 0 bridgehead atoms. The minimum Gasteiger partial charge on any atom is -0.474 e. The van der Waals surface area contributed by atoms with Crippen molar-refractivity contribution in [3.63, 3.8) is 0 Å². The van der Waals surface area contributed by atoms with Crippen LogP contribution < -0.4 is 5.32 Å². The summed E-state index contributed by atoms with van der Waals surface area (Å²) in [7, 11) is 0. The van der Waals surface area contributed by atoms with Crippen LogP contribution in [0.25, 0.3) is 0 Å². The van der Waals surface area contributed by atoms with E-state index in [-0.39, 0.29) is 15.7 Å². The summed E-state index contributed by atoms with van der Waals surface area (Å²) in [6.07, 6.45) is 0. The highest BCUT2D eigenvalue weighted by molar-refractivity contribution is 9.10. The maximum Gasteiger partial charge on any atom is 0.394 e. The Kier molecular flexibility index (Phi) is 3.96. The van der Waals surface area contributed by atoms with Crippen molar-refractivity contribution in [3.8, 4) is 0 Å². The largest absolute Gasteiger partial charge is 0.474 e. The van der Waals surface area contributed by atoms with Crippen LogP contribution >= 0.6 is 39.1 Å². The molecular formula is C8H4BrCl2NO3. The molecule has 15 heavy (non-hydrogen) atoms. The van der Waals surface area contributed by atoms with Gasteiger partial charge in [-0.3, -0.25) is 4.79 Å². The summed E-state index contributed by atoms with van der Waals surface area (Å²) in [6, 6.07) is 2.99. The van der Waals surface area contributed by atoms with Gasteiger partial charge in [-0.2, -0.15) is 0 Å². The number of anilines is 1. The predicted octanol–water partition coefficient (Wildman–Crippen LogP) is 2.78. The molecule has 0 aromatic heterocycles. The van der Waals surface area contributed by atoms with Gasteiger partial charge in [-0.1, -0.05) is 23.2 Å². The second-order valence-corrected chi connectivity index (χ2v) is 4.09. The quantitative estimate of drug-likeness (QED) is 0.619. The van der Waals surface area contributed by atoms with Gasteiger partial charge in [0.25, 0.3) is 0 Å². The molecule has 0 saturated carbocycles. The first-order chi connectivity index (χ1) is 6.93. The zero-order valence-electron chi connectivity index (χ0n) is 7.05. The Morgan fingerprint density at radius 2 is 1.87 bits per heavy atom. The van der Waals surface area contributed by atoms with Crippen LogP contribution in [-0.4, -0.2) is 17.0 Å². The molecule has 1 aromatic rings. The van der Waals surface area contributed by atoms with Gasteiger partial charge >= 0.3 is 11.9 Å². The van der Waals surface area contributed by atoms with E-state index in [2.05, 4.69) is 21.2 Å². The number of halogens is 3. The zero-order valence-corrected chi connectivity index (χ0v) is 10.2. The number of carboxylic acids is 1. The van der Waals surface area contributed by atoms with Crippen molar-refractivity contribution in [1.29, 1.82) is 0 Å². The van der Waals surface area contributed by atoms with Crippen LogP contribution in [0.15, 0.2) is 16.6 Å². The molecular weight excluding hydrogens is 309 g/mol. The van der Waals surface area contributed by atoms with Crippen molar-refractivity contribution in [2.24, 2.45) is 0 Å². The second kappa shape index (κ2) is 4.83. The molecule has 0 aliphatic carbocycles. The summed E-state index contributed by atoms with van der Waals surface area (Å²) in [5, 5.41) is 10.8. The van der Waals surface area contributed by atoms with E-state index in [0.717, 1.165) is 0 Å². The van der Waals surface area contributed by atoms with Crippen molar-refractivity contribution in [1.82, 2.24) is 0 Å². The van der Waals surface area contributed by atoms with E-state index in [1.54, 1.807) is 6.07 Å².